The molecule has 1 saturated heterocycles. The fraction of sp³-hybridized carbons (Fsp3) is 0.368. The Morgan fingerprint density at radius 3 is 2.88 bits per heavy atom. The molecular formula is C19H24BrN5O. The van der Waals surface area contributed by atoms with E-state index in [0.717, 1.165) is 35.5 Å². The lowest BCUT2D eigenvalue weighted by Crippen LogP contribution is -2.44. The van der Waals surface area contributed by atoms with E-state index < -0.39 is 0 Å². The number of aromatic nitrogens is 1. The highest BCUT2D eigenvalue weighted by molar-refractivity contribution is 9.10. The highest BCUT2D eigenvalue weighted by Gasteiger charge is 2.23. The summed E-state index contributed by atoms with van der Waals surface area (Å²) in [5, 5.41) is 6.87. The van der Waals surface area contributed by atoms with Gasteiger partial charge in [-0.1, -0.05) is 15.9 Å². The predicted molar refractivity (Wildman–Crippen MR) is 109 cm³/mol. The van der Waals surface area contributed by atoms with Crippen molar-refractivity contribution in [2.24, 2.45) is 4.99 Å². The minimum absolute atomic E-state index is 0.372. The highest BCUT2D eigenvalue weighted by atomic mass is 79.9. The van der Waals surface area contributed by atoms with Gasteiger partial charge >= 0.3 is 0 Å². The largest absolute Gasteiger partial charge is 0.481 e. The van der Waals surface area contributed by atoms with Gasteiger partial charge in [-0.15, -0.1) is 0 Å². The molecule has 1 fully saturated rings. The standard InChI is InChI=1S/C19H24BrN5O/c1-21-19(23-12-14-7-9-22-18(11-14)26-2)24-16-8-10-25(13-16)17-5-3-15(20)4-6-17/h3-7,9,11,16H,8,10,12-13H2,1-2H3,(H2,21,23,24). The Kier molecular flexibility index (Phi) is 6.33. The average molecular weight is 418 g/mol. The molecule has 6 nitrogen and oxygen atoms in total. The number of nitrogens with one attached hydrogen (secondary N) is 2. The minimum atomic E-state index is 0.372. The van der Waals surface area contributed by atoms with E-state index in [1.54, 1.807) is 20.4 Å². The van der Waals surface area contributed by atoms with Crippen LogP contribution in [0, 0.1) is 0 Å². The highest BCUT2D eigenvalue weighted by Crippen LogP contribution is 2.22. The molecule has 0 spiro atoms. The lowest BCUT2D eigenvalue weighted by Gasteiger charge is -2.20. The SMILES string of the molecule is CN=C(NCc1ccnc(OC)c1)NC1CCN(c2ccc(Br)cc2)C1. The number of ether oxygens (including phenoxy) is 1. The summed E-state index contributed by atoms with van der Waals surface area (Å²) < 4.78 is 6.27. The van der Waals surface area contributed by atoms with E-state index in [-0.39, 0.29) is 0 Å². The van der Waals surface area contributed by atoms with Crippen LogP contribution in [0.4, 0.5) is 5.69 Å². The molecule has 0 amide bonds. The van der Waals surface area contributed by atoms with Crippen molar-refractivity contribution in [3.05, 3.63) is 52.6 Å². The third-order valence-corrected chi connectivity index (χ3v) is 4.94. The smallest absolute Gasteiger partial charge is 0.213 e. The second-order valence-corrected chi connectivity index (χ2v) is 7.10. The first-order valence-corrected chi connectivity index (χ1v) is 9.44. The van der Waals surface area contributed by atoms with Crippen LogP contribution < -0.4 is 20.3 Å². The van der Waals surface area contributed by atoms with Crippen LogP contribution in [0.15, 0.2) is 52.1 Å². The van der Waals surface area contributed by atoms with E-state index in [4.69, 9.17) is 4.74 Å². The molecular weight excluding hydrogens is 394 g/mol. The molecule has 7 heteroatoms. The van der Waals surface area contributed by atoms with E-state index in [9.17, 15) is 0 Å². The maximum Gasteiger partial charge on any atom is 0.213 e. The number of pyridine rings is 1. The minimum Gasteiger partial charge on any atom is -0.481 e. The number of hydrogen-bond donors (Lipinski definition) is 2. The van der Waals surface area contributed by atoms with Crippen molar-refractivity contribution in [2.45, 2.75) is 19.0 Å². The summed E-state index contributed by atoms with van der Waals surface area (Å²) in [5.74, 6) is 1.43. The summed E-state index contributed by atoms with van der Waals surface area (Å²) in [7, 11) is 3.42. The lowest BCUT2D eigenvalue weighted by atomic mass is 10.2. The Morgan fingerprint density at radius 1 is 1.35 bits per heavy atom. The summed E-state index contributed by atoms with van der Waals surface area (Å²) in [6, 6.07) is 12.7. The molecule has 138 valence electrons. The third kappa shape index (κ3) is 4.88. The second-order valence-electron chi connectivity index (χ2n) is 6.18. The molecule has 1 aromatic heterocycles. The zero-order chi connectivity index (χ0) is 18.4. The van der Waals surface area contributed by atoms with Crippen LogP contribution in [0.3, 0.4) is 0 Å². The van der Waals surface area contributed by atoms with Crippen LogP contribution in [0.1, 0.15) is 12.0 Å². The average Bonchev–Trinajstić information content (AvgIpc) is 3.14. The molecule has 1 atom stereocenters. The molecule has 1 aliphatic heterocycles. The first-order valence-electron chi connectivity index (χ1n) is 8.64. The molecule has 0 aliphatic carbocycles. The molecule has 1 aromatic carbocycles. The van der Waals surface area contributed by atoms with Gasteiger partial charge in [0.1, 0.15) is 0 Å². The van der Waals surface area contributed by atoms with E-state index in [2.05, 4.69) is 65.7 Å². The number of hydrogen-bond acceptors (Lipinski definition) is 4. The van der Waals surface area contributed by atoms with Gasteiger partial charge in [0.25, 0.3) is 0 Å². The first-order chi connectivity index (χ1) is 12.7. The van der Waals surface area contributed by atoms with E-state index >= 15 is 0 Å². The number of rotatable bonds is 5. The van der Waals surface area contributed by atoms with Gasteiger partial charge in [-0.05, 0) is 42.3 Å². The maximum absolute atomic E-state index is 5.16. The number of guanidine groups is 1. The first kappa shape index (κ1) is 18.5. The van der Waals surface area contributed by atoms with Crippen molar-refractivity contribution in [3.8, 4) is 5.88 Å². The van der Waals surface area contributed by atoms with Crippen molar-refractivity contribution < 1.29 is 4.74 Å². The Hall–Kier alpha value is -2.28. The molecule has 1 unspecified atom stereocenters. The van der Waals surface area contributed by atoms with Crippen molar-refractivity contribution in [1.29, 1.82) is 0 Å². The molecule has 2 heterocycles. The molecule has 2 N–H and O–H groups in total. The van der Waals surface area contributed by atoms with Gasteiger partial charge in [-0.2, -0.15) is 0 Å². The van der Waals surface area contributed by atoms with E-state index in [1.165, 1.54) is 5.69 Å². The quantitative estimate of drug-likeness (QED) is 0.578. The summed E-state index contributed by atoms with van der Waals surface area (Å²) >= 11 is 3.49. The molecule has 0 radical (unpaired) electrons. The third-order valence-electron chi connectivity index (χ3n) is 4.41. The summed E-state index contributed by atoms with van der Waals surface area (Å²) in [6.07, 6.45) is 2.83. The Balaban J connectivity index is 1.51. The molecule has 3 rings (SSSR count). The normalized spacial score (nSPS) is 17.3. The monoisotopic (exact) mass is 417 g/mol. The van der Waals surface area contributed by atoms with Crippen molar-refractivity contribution in [2.75, 3.05) is 32.1 Å². The summed E-state index contributed by atoms with van der Waals surface area (Å²) in [4.78, 5) is 10.9. The number of aliphatic imine (C=N–C) groups is 1. The van der Waals surface area contributed by atoms with Crippen LogP contribution >= 0.6 is 15.9 Å². The van der Waals surface area contributed by atoms with Gasteiger partial charge in [-0.3, -0.25) is 4.99 Å². The summed E-state index contributed by atoms with van der Waals surface area (Å²) in [5.41, 5.74) is 2.35. The van der Waals surface area contributed by atoms with Crippen molar-refractivity contribution >= 4 is 27.6 Å². The molecule has 1 aliphatic rings. The van der Waals surface area contributed by atoms with Crippen LogP contribution in [0.25, 0.3) is 0 Å². The maximum atomic E-state index is 5.16. The zero-order valence-electron chi connectivity index (χ0n) is 15.1. The fourth-order valence-electron chi connectivity index (χ4n) is 3.01. The van der Waals surface area contributed by atoms with Crippen molar-refractivity contribution in [3.63, 3.8) is 0 Å². The van der Waals surface area contributed by atoms with Gasteiger partial charge in [0.2, 0.25) is 5.88 Å². The Labute approximate surface area is 162 Å². The van der Waals surface area contributed by atoms with E-state index in [0.29, 0.717) is 18.5 Å². The molecule has 26 heavy (non-hydrogen) atoms. The number of halogens is 1. The lowest BCUT2D eigenvalue weighted by molar-refractivity contribution is 0.397. The van der Waals surface area contributed by atoms with Crippen molar-refractivity contribution in [1.82, 2.24) is 15.6 Å². The van der Waals surface area contributed by atoms with Crippen LogP contribution in [-0.2, 0) is 6.54 Å². The van der Waals surface area contributed by atoms with E-state index in [1.807, 2.05) is 12.1 Å². The number of methoxy groups -OCH3 is 1. The fourth-order valence-corrected chi connectivity index (χ4v) is 3.27. The second kappa shape index (κ2) is 8.89. The van der Waals surface area contributed by atoms with Crippen LogP contribution in [0.2, 0.25) is 0 Å². The summed E-state index contributed by atoms with van der Waals surface area (Å²) in [6.45, 7) is 2.67. The van der Waals surface area contributed by atoms with Crippen LogP contribution in [0.5, 0.6) is 5.88 Å². The number of nitrogens with zero attached hydrogens (tertiary/aromatic N) is 3. The van der Waals surface area contributed by atoms with Gasteiger partial charge in [0, 0.05) is 55.1 Å². The molecule has 0 bridgehead atoms. The molecule has 2 aromatic rings. The molecule has 0 saturated carbocycles. The van der Waals surface area contributed by atoms with Gasteiger partial charge < -0.3 is 20.3 Å². The number of benzene rings is 1. The number of anilines is 1. The topological polar surface area (TPSA) is 61.8 Å². The van der Waals surface area contributed by atoms with Gasteiger partial charge in [-0.25, -0.2) is 4.98 Å². The van der Waals surface area contributed by atoms with Gasteiger partial charge in [0.15, 0.2) is 5.96 Å². The zero-order valence-corrected chi connectivity index (χ0v) is 16.7. The Bertz CT molecular complexity index is 750. The van der Waals surface area contributed by atoms with Crippen LogP contribution in [-0.4, -0.2) is 44.2 Å². The Morgan fingerprint density at radius 2 is 2.15 bits per heavy atom. The van der Waals surface area contributed by atoms with Gasteiger partial charge in [0.05, 0.1) is 7.11 Å². The predicted octanol–water partition coefficient (Wildman–Crippen LogP) is 2.80.